The van der Waals surface area contributed by atoms with E-state index in [1.807, 2.05) is 31.2 Å². The van der Waals surface area contributed by atoms with E-state index < -0.39 is 5.60 Å². The van der Waals surface area contributed by atoms with E-state index in [0.717, 1.165) is 5.56 Å². The molecule has 1 heterocycles. The van der Waals surface area contributed by atoms with E-state index in [1.54, 1.807) is 25.1 Å². The Hall–Kier alpha value is -2.73. The molecule has 2 aromatic rings. The van der Waals surface area contributed by atoms with Crippen molar-refractivity contribution in [2.75, 3.05) is 19.9 Å². The van der Waals surface area contributed by atoms with Crippen molar-refractivity contribution >= 4 is 5.91 Å². The third-order valence-electron chi connectivity index (χ3n) is 4.08. The van der Waals surface area contributed by atoms with Crippen LogP contribution in [-0.4, -0.2) is 31.0 Å². The summed E-state index contributed by atoms with van der Waals surface area (Å²) in [5.74, 6) is 1.60. The van der Waals surface area contributed by atoms with Crippen molar-refractivity contribution in [3.8, 4) is 17.2 Å². The van der Waals surface area contributed by atoms with E-state index in [9.17, 15) is 9.90 Å². The van der Waals surface area contributed by atoms with E-state index in [2.05, 4.69) is 5.32 Å². The number of rotatable bonds is 6. The van der Waals surface area contributed by atoms with Crippen LogP contribution in [-0.2, 0) is 10.4 Å². The summed E-state index contributed by atoms with van der Waals surface area (Å²) in [4.78, 5) is 12.0. The number of amides is 1. The minimum absolute atomic E-state index is 0.0581. The number of aryl methyl sites for hydroxylation is 1. The first-order valence-electron chi connectivity index (χ1n) is 8.03. The van der Waals surface area contributed by atoms with Crippen molar-refractivity contribution in [2.24, 2.45) is 0 Å². The van der Waals surface area contributed by atoms with Crippen molar-refractivity contribution in [3.63, 3.8) is 0 Å². The molecule has 0 bridgehead atoms. The second-order valence-electron chi connectivity index (χ2n) is 6.17. The van der Waals surface area contributed by atoms with Crippen LogP contribution in [0.4, 0.5) is 0 Å². The summed E-state index contributed by atoms with van der Waals surface area (Å²) >= 11 is 0. The summed E-state index contributed by atoms with van der Waals surface area (Å²) in [6.07, 6.45) is 0. The Morgan fingerprint density at radius 2 is 2.00 bits per heavy atom. The molecule has 0 aliphatic carbocycles. The fourth-order valence-corrected chi connectivity index (χ4v) is 2.52. The summed E-state index contributed by atoms with van der Waals surface area (Å²) in [7, 11) is 0. The molecule has 0 saturated heterocycles. The van der Waals surface area contributed by atoms with Crippen LogP contribution in [0, 0.1) is 6.92 Å². The molecule has 0 radical (unpaired) electrons. The fraction of sp³-hybridized carbons (Fsp3) is 0.316. The topological polar surface area (TPSA) is 77.0 Å². The highest BCUT2D eigenvalue weighted by Gasteiger charge is 2.26. The normalized spacial score (nSPS) is 14.7. The first-order valence-corrected chi connectivity index (χ1v) is 8.03. The molecule has 1 amide bonds. The molecule has 2 N–H and O–H groups in total. The lowest BCUT2D eigenvalue weighted by molar-refractivity contribution is -0.124. The Balaban J connectivity index is 1.54. The Bertz CT molecular complexity index is 772. The number of hydrogen-bond donors (Lipinski definition) is 2. The number of carbonyl (C=O) groups excluding carboxylic acids is 1. The highest BCUT2D eigenvalue weighted by Crippen LogP contribution is 2.35. The first kappa shape index (κ1) is 17.1. The smallest absolute Gasteiger partial charge is 0.258 e. The van der Waals surface area contributed by atoms with Crippen LogP contribution < -0.4 is 19.5 Å². The summed E-state index contributed by atoms with van der Waals surface area (Å²) in [6.45, 7) is 3.67. The Kier molecular flexibility index (Phi) is 4.81. The average molecular weight is 343 g/mol. The van der Waals surface area contributed by atoms with Gasteiger partial charge in [0.05, 0.1) is 6.54 Å². The van der Waals surface area contributed by atoms with Gasteiger partial charge in [-0.2, -0.15) is 0 Å². The van der Waals surface area contributed by atoms with Crippen LogP contribution in [0.3, 0.4) is 0 Å². The van der Waals surface area contributed by atoms with Crippen molar-refractivity contribution < 1.29 is 24.1 Å². The number of fused-ring (bicyclic) bond motifs is 1. The van der Waals surface area contributed by atoms with Crippen LogP contribution in [0.1, 0.15) is 18.1 Å². The molecule has 6 nitrogen and oxygen atoms in total. The Labute approximate surface area is 146 Å². The third kappa shape index (κ3) is 4.03. The molecule has 25 heavy (non-hydrogen) atoms. The average Bonchev–Trinajstić information content (AvgIpc) is 3.07. The number of carbonyl (C=O) groups is 1. The van der Waals surface area contributed by atoms with Crippen LogP contribution in [0.25, 0.3) is 0 Å². The van der Waals surface area contributed by atoms with Crippen LogP contribution >= 0.6 is 0 Å². The maximum absolute atomic E-state index is 12.0. The maximum Gasteiger partial charge on any atom is 0.258 e. The first-order chi connectivity index (χ1) is 12.0. The molecule has 1 aliphatic rings. The molecule has 0 saturated carbocycles. The molecule has 0 unspecified atom stereocenters. The van der Waals surface area contributed by atoms with Gasteiger partial charge in [0.25, 0.3) is 5.91 Å². The van der Waals surface area contributed by atoms with Gasteiger partial charge in [0.15, 0.2) is 18.1 Å². The minimum Gasteiger partial charge on any atom is -0.484 e. The van der Waals surface area contributed by atoms with Gasteiger partial charge >= 0.3 is 0 Å². The number of para-hydroxylation sites is 1. The highest BCUT2D eigenvalue weighted by atomic mass is 16.7. The second kappa shape index (κ2) is 7.03. The van der Waals surface area contributed by atoms with Crippen molar-refractivity contribution in [3.05, 3.63) is 53.6 Å². The number of hydrogen-bond acceptors (Lipinski definition) is 5. The molecule has 132 valence electrons. The largest absolute Gasteiger partial charge is 0.484 e. The zero-order valence-corrected chi connectivity index (χ0v) is 14.2. The van der Waals surface area contributed by atoms with Gasteiger partial charge in [0, 0.05) is 0 Å². The second-order valence-corrected chi connectivity index (χ2v) is 6.17. The van der Waals surface area contributed by atoms with Crippen LogP contribution in [0.15, 0.2) is 42.5 Å². The lowest BCUT2D eigenvalue weighted by atomic mass is 9.95. The van der Waals surface area contributed by atoms with Gasteiger partial charge in [-0.15, -0.1) is 0 Å². The van der Waals surface area contributed by atoms with E-state index >= 15 is 0 Å². The number of benzene rings is 2. The van der Waals surface area contributed by atoms with Gasteiger partial charge in [-0.3, -0.25) is 4.79 Å². The van der Waals surface area contributed by atoms with Gasteiger partial charge < -0.3 is 24.6 Å². The van der Waals surface area contributed by atoms with Crippen molar-refractivity contribution in [1.82, 2.24) is 5.32 Å². The van der Waals surface area contributed by atoms with Gasteiger partial charge in [0.2, 0.25) is 6.79 Å². The van der Waals surface area contributed by atoms with Gasteiger partial charge in [-0.25, -0.2) is 0 Å². The van der Waals surface area contributed by atoms with Crippen LogP contribution in [0.2, 0.25) is 0 Å². The van der Waals surface area contributed by atoms with Crippen LogP contribution in [0.5, 0.6) is 17.2 Å². The molecule has 1 atom stereocenters. The van der Waals surface area contributed by atoms with Crippen molar-refractivity contribution in [2.45, 2.75) is 19.4 Å². The molecule has 3 rings (SSSR count). The van der Waals surface area contributed by atoms with E-state index in [-0.39, 0.29) is 25.9 Å². The minimum atomic E-state index is -1.24. The lowest BCUT2D eigenvalue weighted by Gasteiger charge is -2.24. The number of aliphatic hydroxyl groups is 1. The molecular weight excluding hydrogens is 322 g/mol. The SMILES string of the molecule is Cc1ccccc1OCC(=O)NC[C@@](C)(O)c1ccc2c(c1)OCO2. The number of nitrogens with one attached hydrogen (secondary N) is 1. The van der Waals surface area contributed by atoms with Gasteiger partial charge in [-0.05, 0) is 43.2 Å². The van der Waals surface area contributed by atoms with Crippen molar-refractivity contribution in [1.29, 1.82) is 0 Å². The summed E-state index contributed by atoms with van der Waals surface area (Å²) in [5.41, 5.74) is 0.360. The quantitative estimate of drug-likeness (QED) is 0.840. The summed E-state index contributed by atoms with van der Waals surface area (Å²) < 4.78 is 16.1. The standard InChI is InChI=1S/C19H21NO5/c1-13-5-3-4-6-15(13)23-10-18(21)20-11-19(2,22)14-7-8-16-17(9-14)25-12-24-16/h3-9,22H,10-12H2,1-2H3,(H,20,21)/t19-/m1/s1. The summed E-state index contributed by atoms with van der Waals surface area (Å²) in [6, 6.07) is 12.7. The summed E-state index contributed by atoms with van der Waals surface area (Å²) in [5, 5.41) is 13.3. The lowest BCUT2D eigenvalue weighted by Crippen LogP contribution is -2.40. The van der Waals surface area contributed by atoms with E-state index in [1.165, 1.54) is 0 Å². The molecule has 6 heteroatoms. The monoisotopic (exact) mass is 343 g/mol. The predicted octanol–water partition coefficient (Wildman–Crippen LogP) is 2.13. The maximum atomic E-state index is 12.0. The molecular formula is C19H21NO5. The fourth-order valence-electron chi connectivity index (χ4n) is 2.52. The molecule has 0 spiro atoms. The zero-order valence-electron chi connectivity index (χ0n) is 14.2. The Morgan fingerprint density at radius 3 is 2.80 bits per heavy atom. The molecule has 0 aromatic heterocycles. The predicted molar refractivity (Wildman–Crippen MR) is 91.8 cm³/mol. The Morgan fingerprint density at radius 1 is 1.24 bits per heavy atom. The molecule has 0 fully saturated rings. The van der Waals surface area contributed by atoms with E-state index in [4.69, 9.17) is 14.2 Å². The molecule has 1 aliphatic heterocycles. The van der Waals surface area contributed by atoms with Gasteiger partial charge in [-0.1, -0.05) is 24.3 Å². The molecule has 2 aromatic carbocycles. The zero-order chi connectivity index (χ0) is 17.9. The third-order valence-corrected chi connectivity index (χ3v) is 4.08. The number of ether oxygens (including phenoxy) is 3. The highest BCUT2D eigenvalue weighted by molar-refractivity contribution is 5.77. The van der Waals surface area contributed by atoms with Gasteiger partial charge in [0.1, 0.15) is 11.4 Å². The van der Waals surface area contributed by atoms with E-state index in [0.29, 0.717) is 22.8 Å².